The molecule has 1 aliphatic rings. The summed E-state index contributed by atoms with van der Waals surface area (Å²) in [5.41, 5.74) is 1.73. The summed E-state index contributed by atoms with van der Waals surface area (Å²) in [4.78, 5) is 25.1. The number of nitrogens with one attached hydrogen (secondary N) is 2. The van der Waals surface area contributed by atoms with Gasteiger partial charge in [-0.1, -0.05) is 42.5 Å². The van der Waals surface area contributed by atoms with Crippen molar-refractivity contribution in [2.45, 2.75) is 25.4 Å². The summed E-state index contributed by atoms with van der Waals surface area (Å²) in [6.45, 7) is 3.07. The summed E-state index contributed by atoms with van der Waals surface area (Å²) in [6.07, 6.45) is 1.22. The van der Waals surface area contributed by atoms with Crippen molar-refractivity contribution in [1.82, 2.24) is 10.2 Å². The van der Waals surface area contributed by atoms with Crippen molar-refractivity contribution in [2.24, 2.45) is 0 Å². The van der Waals surface area contributed by atoms with Crippen LogP contribution in [-0.4, -0.2) is 41.4 Å². The predicted octanol–water partition coefficient (Wildman–Crippen LogP) is 2.79. The molecule has 0 saturated carbocycles. The highest BCUT2D eigenvalue weighted by atomic mass is 16.6. The lowest BCUT2D eigenvalue weighted by Crippen LogP contribution is -2.37. The first-order chi connectivity index (χ1) is 13.1. The number of para-hydroxylation sites is 2. The molecular weight excluding hydrogens is 344 g/mol. The molecule has 27 heavy (non-hydrogen) atoms. The Bertz CT molecular complexity index is 782. The topological polar surface area (TPSA) is 87.5 Å². The highest BCUT2D eigenvalue weighted by Gasteiger charge is 2.23. The van der Waals surface area contributed by atoms with Crippen molar-refractivity contribution < 1.29 is 9.72 Å². The smallest absolute Gasteiger partial charge is 0.292 e. The van der Waals surface area contributed by atoms with Crippen LogP contribution >= 0.6 is 0 Å². The third-order valence-electron chi connectivity index (χ3n) is 4.65. The number of carbonyl (C=O) groups is 1. The van der Waals surface area contributed by atoms with E-state index in [1.807, 2.05) is 18.2 Å². The molecule has 1 atom stereocenters. The molecular formula is C20H24N4O3. The minimum absolute atomic E-state index is 0.0188. The molecule has 1 amide bonds. The van der Waals surface area contributed by atoms with E-state index in [2.05, 4.69) is 27.7 Å². The summed E-state index contributed by atoms with van der Waals surface area (Å²) in [5.74, 6) is -0.0346. The van der Waals surface area contributed by atoms with Gasteiger partial charge in [0, 0.05) is 44.7 Å². The fourth-order valence-electron chi connectivity index (χ4n) is 3.33. The van der Waals surface area contributed by atoms with E-state index >= 15 is 0 Å². The second-order valence-electron chi connectivity index (χ2n) is 6.72. The van der Waals surface area contributed by atoms with E-state index in [1.54, 1.807) is 18.2 Å². The van der Waals surface area contributed by atoms with Gasteiger partial charge in [-0.3, -0.25) is 19.8 Å². The van der Waals surface area contributed by atoms with E-state index in [-0.39, 0.29) is 24.1 Å². The molecule has 2 aromatic carbocycles. The van der Waals surface area contributed by atoms with Crippen LogP contribution in [0.5, 0.6) is 0 Å². The molecule has 0 aromatic heterocycles. The molecule has 1 aliphatic heterocycles. The molecule has 0 spiro atoms. The van der Waals surface area contributed by atoms with Gasteiger partial charge in [-0.05, 0) is 18.1 Å². The van der Waals surface area contributed by atoms with E-state index in [1.165, 1.54) is 11.6 Å². The van der Waals surface area contributed by atoms with Crippen LogP contribution in [0.3, 0.4) is 0 Å². The van der Waals surface area contributed by atoms with Crippen molar-refractivity contribution in [3.05, 3.63) is 70.3 Å². The fraction of sp³-hybridized carbons (Fsp3) is 0.350. The van der Waals surface area contributed by atoms with Crippen molar-refractivity contribution in [3.63, 3.8) is 0 Å². The lowest BCUT2D eigenvalue weighted by Gasteiger charge is -2.17. The van der Waals surface area contributed by atoms with E-state index < -0.39 is 4.92 Å². The average Bonchev–Trinajstić information content (AvgIpc) is 3.09. The number of anilines is 1. The van der Waals surface area contributed by atoms with E-state index in [9.17, 15) is 14.9 Å². The Kier molecular flexibility index (Phi) is 6.38. The van der Waals surface area contributed by atoms with Crippen molar-refractivity contribution in [1.29, 1.82) is 0 Å². The molecule has 7 heteroatoms. The largest absolute Gasteiger partial charge is 0.379 e. The highest BCUT2D eigenvalue weighted by molar-refractivity contribution is 5.77. The molecule has 1 unspecified atom stereocenters. The lowest BCUT2D eigenvalue weighted by atomic mass is 10.2. The number of hydrogen-bond donors (Lipinski definition) is 2. The average molecular weight is 368 g/mol. The number of likely N-dealkylation sites (tertiary alicyclic amines) is 1. The van der Waals surface area contributed by atoms with Gasteiger partial charge in [0.25, 0.3) is 5.69 Å². The number of amides is 1. The lowest BCUT2D eigenvalue weighted by molar-refractivity contribution is -0.384. The summed E-state index contributed by atoms with van der Waals surface area (Å²) < 4.78 is 0. The van der Waals surface area contributed by atoms with Crippen LogP contribution in [0.4, 0.5) is 11.4 Å². The van der Waals surface area contributed by atoms with Gasteiger partial charge in [-0.15, -0.1) is 0 Å². The molecule has 142 valence electrons. The Balaban J connectivity index is 1.39. The minimum Gasteiger partial charge on any atom is -0.379 e. The normalized spacial score (nSPS) is 16.8. The number of carbonyl (C=O) groups excluding carboxylic acids is 1. The van der Waals surface area contributed by atoms with Crippen LogP contribution in [0.2, 0.25) is 0 Å². The summed E-state index contributed by atoms with van der Waals surface area (Å²) in [5, 5.41) is 17.0. The van der Waals surface area contributed by atoms with Crippen LogP contribution in [0.25, 0.3) is 0 Å². The van der Waals surface area contributed by atoms with E-state index in [4.69, 9.17) is 0 Å². The molecule has 2 aromatic rings. The zero-order valence-electron chi connectivity index (χ0n) is 15.1. The molecule has 1 fully saturated rings. The molecule has 0 bridgehead atoms. The van der Waals surface area contributed by atoms with Crippen LogP contribution in [0.1, 0.15) is 18.4 Å². The molecule has 2 N–H and O–H groups in total. The first kappa shape index (κ1) is 18.8. The molecule has 1 heterocycles. The number of nitro groups is 1. The number of rotatable bonds is 8. The molecule has 0 radical (unpaired) electrons. The number of hydrogen-bond acceptors (Lipinski definition) is 5. The third-order valence-corrected chi connectivity index (χ3v) is 4.65. The second kappa shape index (κ2) is 9.14. The van der Waals surface area contributed by atoms with Gasteiger partial charge < -0.3 is 10.6 Å². The Morgan fingerprint density at radius 2 is 1.89 bits per heavy atom. The highest BCUT2D eigenvalue weighted by Crippen LogP contribution is 2.22. The maximum Gasteiger partial charge on any atom is 0.292 e. The Labute approximate surface area is 158 Å². The summed E-state index contributed by atoms with van der Waals surface area (Å²) in [7, 11) is 0. The quantitative estimate of drug-likeness (QED) is 0.553. The van der Waals surface area contributed by atoms with Crippen LogP contribution < -0.4 is 10.6 Å². The second-order valence-corrected chi connectivity index (χ2v) is 6.72. The molecule has 3 rings (SSSR count). The maximum absolute atomic E-state index is 12.2. The SMILES string of the molecule is O=C(CCNc1ccccc1[N+](=O)[O-])NC1CCN(Cc2ccccc2)C1. The molecule has 1 saturated heterocycles. The summed E-state index contributed by atoms with van der Waals surface area (Å²) >= 11 is 0. The van der Waals surface area contributed by atoms with Gasteiger partial charge in [0.15, 0.2) is 0 Å². The van der Waals surface area contributed by atoms with Crippen LogP contribution in [-0.2, 0) is 11.3 Å². The van der Waals surface area contributed by atoms with Gasteiger partial charge >= 0.3 is 0 Å². The summed E-state index contributed by atoms with van der Waals surface area (Å²) in [6, 6.07) is 16.9. The van der Waals surface area contributed by atoms with E-state index in [0.717, 1.165) is 26.1 Å². The van der Waals surface area contributed by atoms with Gasteiger partial charge in [0.2, 0.25) is 5.91 Å². The Hall–Kier alpha value is -2.93. The van der Waals surface area contributed by atoms with E-state index in [0.29, 0.717) is 12.2 Å². The van der Waals surface area contributed by atoms with Crippen molar-refractivity contribution in [2.75, 3.05) is 25.0 Å². The van der Waals surface area contributed by atoms with Gasteiger partial charge in [-0.25, -0.2) is 0 Å². The molecule has 7 nitrogen and oxygen atoms in total. The maximum atomic E-state index is 12.2. The Morgan fingerprint density at radius 3 is 2.67 bits per heavy atom. The first-order valence-corrected chi connectivity index (χ1v) is 9.15. The van der Waals surface area contributed by atoms with Gasteiger partial charge in [0.05, 0.1) is 4.92 Å². The van der Waals surface area contributed by atoms with Crippen molar-refractivity contribution >= 4 is 17.3 Å². The van der Waals surface area contributed by atoms with Crippen LogP contribution in [0, 0.1) is 10.1 Å². The first-order valence-electron chi connectivity index (χ1n) is 9.15. The molecule has 0 aliphatic carbocycles. The third kappa shape index (κ3) is 5.52. The predicted molar refractivity (Wildman–Crippen MR) is 104 cm³/mol. The fourth-order valence-corrected chi connectivity index (χ4v) is 3.33. The Morgan fingerprint density at radius 1 is 1.15 bits per heavy atom. The van der Waals surface area contributed by atoms with Crippen LogP contribution in [0.15, 0.2) is 54.6 Å². The zero-order chi connectivity index (χ0) is 19.1. The van der Waals surface area contributed by atoms with Crippen molar-refractivity contribution in [3.8, 4) is 0 Å². The monoisotopic (exact) mass is 368 g/mol. The number of benzene rings is 2. The van der Waals surface area contributed by atoms with Gasteiger partial charge in [-0.2, -0.15) is 0 Å². The standard InChI is InChI=1S/C20H24N4O3/c25-20(10-12-21-18-8-4-5-9-19(18)24(26)27)22-17-11-13-23(15-17)14-16-6-2-1-3-7-16/h1-9,17,21H,10-15H2,(H,22,25). The zero-order valence-corrected chi connectivity index (χ0v) is 15.1. The minimum atomic E-state index is -0.428. The van der Waals surface area contributed by atoms with Gasteiger partial charge in [0.1, 0.15) is 5.69 Å². The number of nitro benzene ring substituents is 1. The number of nitrogens with zero attached hydrogens (tertiary/aromatic N) is 2.